The summed E-state index contributed by atoms with van der Waals surface area (Å²) in [5.41, 5.74) is 0. The second-order valence-corrected chi connectivity index (χ2v) is 4.10. The summed E-state index contributed by atoms with van der Waals surface area (Å²) in [6, 6.07) is 0. The van der Waals surface area contributed by atoms with Crippen molar-refractivity contribution in [3.63, 3.8) is 0 Å². The maximum absolute atomic E-state index is 9.98. The standard InChI is InChI=1S/3C5H8O2.Pr/c3*1-4(6)3-5(2)7;/h3*3,6H,1-2H3;/q;;;+3/p-3/b3*4-3-;. The van der Waals surface area contributed by atoms with Gasteiger partial charge in [0.25, 0.3) is 0 Å². The average molecular weight is 438 g/mol. The zero-order chi connectivity index (χ0) is 17.6. The fraction of sp³-hybridized carbons (Fsp3) is 0.400. The summed E-state index contributed by atoms with van der Waals surface area (Å²) in [7, 11) is 0. The van der Waals surface area contributed by atoms with Crippen molar-refractivity contribution in [2.24, 2.45) is 0 Å². The predicted molar refractivity (Wildman–Crippen MR) is 73.3 cm³/mol. The molecule has 0 N–H and O–H groups in total. The maximum Gasteiger partial charge on any atom is 3.00 e. The maximum atomic E-state index is 9.98. The van der Waals surface area contributed by atoms with Crippen LogP contribution in [0.4, 0.5) is 0 Å². The van der Waals surface area contributed by atoms with Crippen molar-refractivity contribution in [2.45, 2.75) is 41.5 Å². The number of carbonyl (C=O) groups is 3. The normalized spacial score (nSPS) is 10.9. The molecule has 0 aromatic heterocycles. The fourth-order valence-electron chi connectivity index (χ4n) is 0.859. The first kappa shape index (κ1) is 29.1. The first-order chi connectivity index (χ1) is 9.38. The molecule has 0 amide bonds. The van der Waals surface area contributed by atoms with Crippen molar-refractivity contribution < 1.29 is 71.0 Å². The van der Waals surface area contributed by atoms with Gasteiger partial charge < -0.3 is 15.3 Å². The first-order valence-corrected chi connectivity index (χ1v) is 5.96. The Morgan fingerprint density at radius 2 is 0.682 bits per heavy atom. The smallest absolute Gasteiger partial charge is 0.876 e. The van der Waals surface area contributed by atoms with E-state index in [1.54, 1.807) is 0 Å². The molecule has 0 unspecified atom stereocenters. The second kappa shape index (κ2) is 18.0. The number of allylic oxidation sites excluding steroid dienone is 6. The molecule has 0 spiro atoms. The number of rotatable bonds is 3. The Bertz CT molecular complexity index is 368. The molecule has 120 valence electrons. The number of hydrogen-bond donors (Lipinski definition) is 0. The van der Waals surface area contributed by atoms with E-state index in [4.69, 9.17) is 0 Å². The van der Waals surface area contributed by atoms with Gasteiger partial charge >= 0.3 is 41.3 Å². The molecule has 0 rings (SSSR count). The van der Waals surface area contributed by atoms with E-state index in [0.717, 1.165) is 18.2 Å². The molecule has 0 saturated carbocycles. The monoisotopic (exact) mass is 438 g/mol. The number of carbonyl (C=O) groups excluding carboxylic acids is 3. The predicted octanol–water partition coefficient (Wildman–Crippen LogP) is -0.481. The van der Waals surface area contributed by atoms with Gasteiger partial charge in [-0.05, 0) is 39.0 Å². The van der Waals surface area contributed by atoms with Crippen LogP contribution in [0.2, 0.25) is 0 Å². The van der Waals surface area contributed by atoms with Gasteiger partial charge in [0.15, 0.2) is 17.3 Å². The van der Waals surface area contributed by atoms with Crippen LogP contribution in [0.5, 0.6) is 0 Å². The van der Waals surface area contributed by atoms with Gasteiger partial charge in [0.2, 0.25) is 0 Å². The summed E-state index contributed by atoms with van der Waals surface area (Å²) in [6.45, 7) is 8.09. The van der Waals surface area contributed by atoms with E-state index in [-0.39, 0.29) is 75.9 Å². The van der Waals surface area contributed by atoms with Crippen molar-refractivity contribution in [3.8, 4) is 0 Å². The van der Waals surface area contributed by atoms with E-state index in [2.05, 4.69) is 0 Å². The van der Waals surface area contributed by atoms with E-state index >= 15 is 0 Å². The van der Waals surface area contributed by atoms with Gasteiger partial charge in [-0.15, -0.1) is 17.3 Å². The number of hydrogen-bond acceptors (Lipinski definition) is 6. The summed E-state index contributed by atoms with van der Waals surface area (Å²) < 4.78 is 0. The van der Waals surface area contributed by atoms with E-state index < -0.39 is 0 Å². The molecule has 0 aromatic rings. The molecule has 0 fully saturated rings. The molecule has 6 nitrogen and oxygen atoms in total. The third-order valence-electron chi connectivity index (χ3n) is 1.22. The summed E-state index contributed by atoms with van der Waals surface area (Å²) in [5, 5.41) is 29.9. The van der Waals surface area contributed by atoms with E-state index in [9.17, 15) is 29.7 Å². The Hall–Kier alpha value is -1.01. The Morgan fingerprint density at radius 3 is 0.682 bits per heavy atom. The van der Waals surface area contributed by atoms with Crippen LogP contribution in [0, 0.1) is 41.3 Å². The minimum absolute atomic E-state index is 0. The Kier molecular flexibility index (Phi) is 23.8. The van der Waals surface area contributed by atoms with Crippen LogP contribution < -0.4 is 15.3 Å². The fourth-order valence-corrected chi connectivity index (χ4v) is 0.859. The van der Waals surface area contributed by atoms with Gasteiger partial charge in [-0.2, -0.15) is 0 Å². The summed E-state index contributed by atoms with van der Waals surface area (Å²) >= 11 is 0. The molecule has 0 radical (unpaired) electrons. The third kappa shape index (κ3) is 50.9. The topological polar surface area (TPSA) is 120 Å². The number of ketones is 3. The molecular weight excluding hydrogens is 417 g/mol. The molecule has 0 aliphatic rings. The zero-order valence-electron chi connectivity index (χ0n) is 13.8. The summed E-state index contributed by atoms with van der Waals surface area (Å²) in [6.07, 6.45) is 3.17. The van der Waals surface area contributed by atoms with Gasteiger partial charge in [-0.3, -0.25) is 14.4 Å². The van der Waals surface area contributed by atoms with Crippen LogP contribution in [0.25, 0.3) is 0 Å². The second-order valence-electron chi connectivity index (χ2n) is 4.10. The first-order valence-electron chi connectivity index (χ1n) is 5.96. The van der Waals surface area contributed by atoms with Crippen LogP contribution >= 0.6 is 0 Å². The van der Waals surface area contributed by atoms with Crippen molar-refractivity contribution >= 4 is 17.3 Å². The molecule has 0 bridgehead atoms. The van der Waals surface area contributed by atoms with Gasteiger partial charge in [-0.25, -0.2) is 0 Å². The van der Waals surface area contributed by atoms with Gasteiger partial charge in [0, 0.05) is 0 Å². The summed E-state index contributed by atoms with van der Waals surface area (Å²) in [4.78, 5) is 29.9. The van der Waals surface area contributed by atoms with Gasteiger partial charge in [0.1, 0.15) is 0 Å². The van der Waals surface area contributed by atoms with Gasteiger partial charge in [0.05, 0.1) is 0 Å². The quantitative estimate of drug-likeness (QED) is 0.434. The molecule has 22 heavy (non-hydrogen) atoms. The van der Waals surface area contributed by atoms with E-state index in [1.165, 1.54) is 41.5 Å². The molecule has 0 saturated heterocycles. The van der Waals surface area contributed by atoms with Gasteiger partial charge in [-0.1, -0.05) is 20.8 Å². The Morgan fingerprint density at radius 1 is 0.545 bits per heavy atom. The van der Waals surface area contributed by atoms with Crippen molar-refractivity contribution in [3.05, 3.63) is 35.5 Å². The van der Waals surface area contributed by atoms with Crippen LogP contribution in [0.1, 0.15) is 41.5 Å². The van der Waals surface area contributed by atoms with Crippen LogP contribution in [0.3, 0.4) is 0 Å². The Balaban J connectivity index is -0.000000108. The molecule has 0 aliphatic carbocycles. The molecule has 7 heteroatoms. The average Bonchev–Trinajstić information content (AvgIpc) is 2.10. The van der Waals surface area contributed by atoms with E-state index in [1.807, 2.05) is 0 Å². The Labute approximate surface area is 164 Å². The minimum atomic E-state index is -0.187. The SMILES string of the molecule is CC(=O)/C=C(/C)[O-].CC(=O)/C=C(/C)[O-].CC(=O)/C=C(/C)[O-].[Pr+3]. The minimum Gasteiger partial charge on any atom is -0.876 e. The van der Waals surface area contributed by atoms with Crippen molar-refractivity contribution in [1.82, 2.24) is 0 Å². The van der Waals surface area contributed by atoms with Crippen LogP contribution in [-0.4, -0.2) is 17.3 Å². The van der Waals surface area contributed by atoms with E-state index in [0.29, 0.717) is 0 Å². The van der Waals surface area contributed by atoms with Crippen molar-refractivity contribution in [1.29, 1.82) is 0 Å². The zero-order valence-corrected chi connectivity index (χ0v) is 17.5. The molecular formula is C15H21O6Pr. The van der Waals surface area contributed by atoms with Crippen LogP contribution in [0.15, 0.2) is 35.5 Å². The molecule has 0 heterocycles. The largest absolute Gasteiger partial charge is 3.00 e. The molecule has 0 aromatic carbocycles. The van der Waals surface area contributed by atoms with Crippen molar-refractivity contribution in [2.75, 3.05) is 0 Å². The van der Waals surface area contributed by atoms with Crippen LogP contribution in [-0.2, 0) is 14.4 Å². The summed E-state index contributed by atoms with van der Waals surface area (Å²) in [5.74, 6) is -1.12. The molecule has 0 atom stereocenters. The third-order valence-corrected chi connectivity index (χ3v) is 1.22. The molecule has 0 aliphatic heterocycles.